The summed E-state index contributed by atoms with van der Waals surface area (Å²) in [5.41, 5.74) is 6.47. The van der Waals surface area contributed by atoms with Crippen LogP contribution in [0.5, 0.6) is 0 Å². The third kappa shape index (κ3) is 4.30. The number of primary amides is 1. The van der Waals surface area contributed by atoms with E-state index in [1.807, 2.05) is 30.1 Å². The third-order valence-electron chi connectivity index (χ3n) is 4.14. The van der Waals surface area contributed by atoms with Crippen molar-refractivity contribution in [3.05, 3.63) is 74.3 Å². The van der Waals surface area contributed by atoms with E-state index >= 15 is 0 Å². The molecule has 1 aromatic heterocycles. The van der Waals surface area contributed by atoms with Gasteiger partial charge in [-0.2, -0.15) is 0 Å². The molecular weight excluding hydrogens is 387 g/mol. The van der Waals surface area contributed by atoms with Crippen LogP contribution in [0.2, 0.25) is 10.0 Å². The van der Waals surface area contributed by atoms with Crippen LogP contribution in [0.1, 0.15) is 11.4 Å². The van der Waals surface area contributed by atoms with E-state index < -0.39 is 5.91 Å². The quantitative estimate of drug-likeness (QED) is 0.684. The lowest BCUT2D eigenvalue weighted by atomic mass is 10.2. The average Bonchev–Trinajstić information content (AvgIpc) is 2.62. The number of carbonyl (C=O) groups excluding carboxylic acids is 1. The molecule has 0 radical (unpaired) electrons. The van der Waals surface area contributed by atoms with Crippen molar-refractivity contribution in [2.45, 2.75) is 19.6 Å². The van der Waals surface area contributed by atoms with Crippen LogP contribution in [0, 0.1) is 0 Å². The molecule has 1 heterocycles. The van der Waals surface area contributed by atoms with Crippen molar-refractivity contribution in [3.63, 3.8) is 0 Å². The molecule has 2 N–H and O–H groups in total. The Labute approximate surface area is 166 Å². The van der Waals surface area contributed by atoms with Gasteiger partial charge in [0.15, 0.2) is 0 Å². The van der Waals surface area contributed by atoms with Crippen LogP contribution in [0.4, 0.5) is 0 Å². The molecule has 8 heteroatoms. The summed E-state index contributed by atoms with van der Waals surface area (Å²) in [6, 6.07) is 12.5. The largest absolute Gasteiger partial charge is 0.368 e. The first-order chi connectivity index (χ1) is 12.9. The molecular formula is C19H18Cl2N4O2. The molecule has 0 spiro atoms. The van der Waals surface area contributed by atoms with E-state index in [4.69, 9.17) is 28.9 Å². The van der Waals surface area contributed by atoms with Crippen molar-refractivity contribution in [1.29, 1.82) is 0 Å². The summed E-state index contributed by atoms with van der Waals surface area (Å²) < 4.78 is 1.32. The Morgan fingerprint density at radius 1 is 1.15 bits per heavy atom. The first-order valence-electron chi connectivity index (χ1n) is 8.25. The Hall–Kier alpha value is -2.41. The Morgan fingerprint density at radius 2 is 1.89 bits per heavy atom. The van der Waals surface area contributed by atoms with Crippen LogP contribution >= 0.6 is 23.2 Å². The van der Waals surface area contributed by atoms with Gasteiger partial charge in [-0.05, 0) is 30.8 Å². The molecule has 0 unspecified atom stereocenters. The van der Waals surface area contributed by atoms with Crippen molar-refractivity contribution in [3.8, 4) is 0 Å². The highest BCUT2D eigenvalue weighted by Gasteiger charge is 2.15. The van der Waals surface area contributed by atoms with Crippen molar-refractivity contribution in [1.82, 2.24) is 14.5 Å². The maximum atomic E-state index is 12.8. The minimum atomic E-state index is -0.601. The van der Waals surface area contributed by atoms with Gasteiger partial charge in [-0.25, -0.2) is 4.98 Å². The topological polar surface area (TPSA) is 81.2 Å². The van der Waals surface area contributed by atoms with E-state index in [1.54, 1.807) is 24.3 Å². The number of amides is 1. The molecule has 6 nitrogen and oxygen atoms in total. The summed E-state index contributed by atoms with van der Waals surface area (Å²) in [5, 5.41) is 1.42. The van der Waals surface area contributed by atoms with Gasteiger partial charge in [0, 0.05) is 6.54 Å². The highest BCUT2D eigenvalue weighted by Crippen LogP contribution is 2.26. The summed E-state index contributed by atoms with van der Waals surface area (Å²) in [5.74, 6) is -0.144. The van der Waals surface area contributed by atoms with E-state index in [-0.39, 0.29) is 12.1 Å². The zero-order valence-electron chi connectivity index (χ0n) is 14.7. The van der Waals surface area contributed by atoms with Gasteiger partial charge in [-0.1, -0.05) is 47.5 Å². The molecule has 140 valence electrons. The van der Waals surface area contributed by atoms with Crippen molar-refractivity contribution in [2.24, 2.45) is 5.73 Å². The van der Waals surface area contributed by atoms with E-state index in [0.29, 0.717) is 39.9 Å². The van der Waals surface area contributed by atoms with Crippen LogP contribution in [0.3, 0.4) is 0 Å². The monoisotopic (exact) mass is 404 g/mol. The van der Waals surface area contributed by atoms with E-state index in [9.17, 15) is 9.59 Å². The summed E-state index contributed by atoms with van der Waals surface area (Å²) >= 11 is 12.3. The van der Waals surface area contributed by atoms with Crippen LogP contribution in [0.15, 0.2) is 47.3 Å². The number of hydrogen-bond acceptors (Lipinski definition) is 4. The third-order valence-corrected chi connectivity index (χ3v) is 5.00. The number of para-hydroxylation sites is 1. The Bertz CT molecular complexity index is 1070. The zero-order valence-corrected chi connectivity index (χ0v) is 16.2. The van der Waals surface area contributed by atoms with Gasteiger partial charge >= 0.3 is 0 Å². The minimum absolute atomic E-state index is 0.224. The minimum Gasteiger partial charge on any atom is -0.368 e. The Morgan fingerprint density at radius 3 is 2.63 bits per heavy atom. The van der Waals surface area contributed by atoms with Gasteiger partial charge in [0.2, 0.25) is 5.91 Å². The first-order valence-corrected chi connectivity index (χ1v) is 9.00. The molecule has 3 rings (SSSR count). The SMILES string of the molecule is CN(Cc1cccc(Cl)c1Cl)Cc1nc2ccccc2c(=O)n1CC(N)=O. The molecule has 2 aromatic carbocycles. The molecule has 0 bridgehead atoms. The maximum absolute atomic E-state index is 12.8. The number of hydrogen-bond donors (Lipinski definition) is 1. The number of aromatic nitrogens is 2. The van der Waals surface area contributed by atoms with Crippen LogP contribution in [-0.4, -0.2) is 27.4 Å². The molecule has 0 aliphatic rings. The maximum Gasteiger partial charge on any atom is 0.261 e. The fourth-order valence-corrected chi connectivity index (χ4v) is 3.29. The predicted octanol–water partition coefficient (Wildman–Crippen LogP) is 2.82. The second-order valence-corrected chi connectivity index (χ2v) is 7.07. The van der Waals surface area contributed by atoms with Gasteiger partial charge in [0.1, 0.15) is 12.4 Å². The van der Waals surface area contributed by atoms with E-state index in [2.05, 4.69) is 4.98 Å². The molecule has 1 amide bonds. The second kappa shape index (κ2) is 8.08. The lowest BCUT2D eigenvalue weighted by molar-refractivity contribution is -0.118. The van der Waals surface area contributed by atoms with Crippen molar-refractivity contribution < 1.29 is 4.79 Å². The van der Waals surface area contributed by atoms with Crippen LogP contribution < -0.4 is 11.3 Å². The number of carbonyl (C=O) groups is 1. The number of nitrogens with two attached hydrogens (primary N) is 1. The number of benzene rings is 2. The van der Waals surface area contributed by atoms with Crippen LogP contribution in [-0.2, 0) is 24.4 Å². The van der Waals surface area contributed by atoms with E-state index in [0.717, 1.165) is 5.56 Å². The van der Waals surface area contributed by atoms with Crippen molar-refractivity contribution >= 4 is 40.0 Å². The second-order valence-electron chi connectivity index (χ2n) is 6.29. The number of halogens is 2. The highest BCUT2D eigenvalue weighted by molar-refractivity contribution is 6.42. The summed E-state index contributed by atoms with van der Waals surface area (Å²) in [6.45, 7) is 0.604. The number of rotatable bonds is 6. The molecule has 0 aliphatic carbocycles. The lowest BCUT2D eigenvalue weighted by Crippen LogP contribution is -2.33. The fourth-order valence-electron chi connectivity index (χ4n) is 2.91. The molecule has 3 aromatic rings. The standard InChI is InChI=1S/C19H18Cl2N4O2/c1-24(9-12-5-4-7-14(20)18(12)21)11-17-23-15-8-3-2-6-13(15)19(27)25(17)10-16(22)26/h2-8H,9-11H2,1H3,(H2,22,26). The zero-order chi connectivity index (χ0) is 19.6. The predicted molar refractivity (Wildman–Crippen MR) is 107 cm³/mol. The van der Waals surface area contributed by atoms with Gasteiger partial charge < -0.3 is 5.73 Å². The Balaban J connectivity index is 1.96. The van der Waals surface area contributed by atoms with Gasteiger partial charge in [0.05, 0.1) is 27.5 Å². The summed E-state index contributed by atoms with van der Waals surface area (Å²) in [4.78, 5) is 30.7. The average molecular weight is 405 g/mol. The van der Waals surface area contributed by atoms with Gasteiger partial charge in [0.25, 0.3) is 5.56 Å². The normalized spacial score (nSPS) is 11.3. The Kier molecular flexibility index (Phi) is 5.79. The molecule has 0 saturated carbocycles. The molecule has 0 aliphatic heterocycles. The molecule has 0 fully saturated rings. The number of nitrogens with zero attached hydrogens (tertiary/aromatic N) is 3. The van der Waals surface area contributed by atoms with Crippen molar-refractivity contribution in [2.75, 3.05) is 7.05 Å². The fraction of sp³-hybridized carbons (Fsp3) is 0.211. The highest BCUT2D eigenvalue weighted by atomic mass is 35.5. The summed E-state index contributed by atoms with van der Waals surface area (Å²) in [7, 11) is 1.87. The smallest absolute Gasteiger partial charge is 0.261 e. The molecule has 27 heavy (non-hydrogen) atoms. The summed E-state index contributed by atoms with van der Waals surface area (Å²) in [6.07, 6.45) is 0. The van der Waals surface area contributed by atoms with E-state index in [1.165, 1.54) is 4.57 Å². The first kappa shape index (κ1) is 19.4. The van der Waals surface area contributed by atoms with Gasteiger partial charge in [-0.15, -0.1) is 0 Å². The molecule has 0 saturated heterocycles. The van der Waals surface area contributed by atoms with Crippen LogP contribution in [0.25, 0.3) is 10.9 Å². The number of fused-ring (bicyclic) bond motifs is 1. The van der Waals surface area contributed by atoms with Gasteiger partial charge in [-0.3, -0.25) is 19.1 Å². The lowest BCUT2D eigenvalue weighted by Gasteiger charge is -2.20. The molecule has 0 atom stereocenters.